The molecule has 0 radical (unpaired) electrons. The van der Waals surface area contributed by atoms with Crippen LogP contribution in [0.5, 0.6) is 0 Å². The van der Waals surface area contributed by atoms with E-state index in [1.165, 1.54) is 51.4 Å². The van der Waals surface area contributed by atoms with Crippen LogP contribution in [-0.2, 0) is 0 Å². The van der Waals surface area contributed by atoms with E-state index in [0.717, 1.165) is 23.7 Å². The van der Waals surface area contributed by atoms with Gasteiger partial charge in [0.25, 0.3) is 0 Å². The van der Waals surface area contributed by atoms with E-state index < -0.39 is 0 Å². The van der Waals surface area contributed by atoms with Gasteiger partial charge < -0.3 is 0 Å². The van der Waals surface area contributed by atoms with E-state index in [2.05, 4.69) is 5.43 Å². The maximum absolute atomic E-state index is 5.75. The van der Waals surface area contributed by atoms with Crippen LogP contribution in [0.2, 0.25) is 0 Å². The molecule has 3 fully saturated rings. The molecular formula is C13H24N2. The molecule has 0 aromatic carbocycles. The Morgan fingerprint density at radius 3 is 2.13 bits per heavy atom. The Morgan fingerprint density at radius 1 is 1.00 bits per heavy atom. The minimum absolute atomic E-state index is 0.642. The van der Waals surface area contributed by atoms with E-state index in [-0.39, 0.29) is 0 Å². The van der Waals surface area contributed by atoms with E-state index in [0.29, 0.717) is 6.04 Å². The van der Waals surface area contributed by atoms with Crippen LogP contribution in [0.1, 0.15) is 51.4 Å². The van der Waals surface area contributed by atoms with Crippen molar-refractivity contribution in [3.05, 3.63) is 0 Å². The predicted octanol–water partition coefficient (Wildman–Crippen LogP) is 2.44. The number of hydrogen-bond acceptors (Lipinski definition) is 2. The molecule has 3 aliphatic carbocycles. The minimum Gasteiger partial charge on any atom is -0.271 e. The van der Waals surface area contributed by atoms with Gasteiger partial charge in [-0.05, 0) is 42.9 Å². The third-order valence-electron chi connectivity index (χ3n) is 5.21. The topological polar surface area (TPSA) is 38.0 Å². The highest BCUT2D eigenvalue weighted by Crippen LogP contribution is 2.57. The van der Waals surface area contributed by atoms with Crippen molar-refractivity contribution in [1.82, 2.24) is 5.43 Å². The van der Waals surface area contributed by atoms with Gasteiger partial charge in [-0.2, -0.15) is 0 Å². The number of nitrogens with two attached hydrogens (primary N) is 1. The summed E-state index contributed by atoms with van der Waals surface area (Å²) in [5, 5.41) is 0. The number of hydrogen-bond donors (Lipinski definition) is 2. The van der Waals surface area contributed by atoms with E-state index in [4.69, 9.17) is 5.84 Å². The highest BCUT2D eigenvalue weighted by Gasteiger charge is 2.54. The third kappa shape index (κ3) is 1.83. The number of fused-ring (bicyclic) bond motifs is 1. The number of hydrazine groups is 1. The van der Waals surface area contributed by atoms with Crippen LogP contribution in [0.3, 0.4) is 0 Å². The largest absolute Gasteiger partial charge is 0.271 e. The Morgan fingerprint density at radius 2 is 1.67 bits per heavy atom. The Balaban J connectivity index is 1.54. The molecule has 2 nitrogen and oxygen atoms in total. The summed E-state index contributed by atoms with van der Waals surface area (Å²) in [6.45, 7) is 0. The lowest BCUT2D eigenvalue weighted by Crippen LogP contribution is -2.40. The molecule has 3 saturated carbocycles. The summed E-state index contributed by atoms with van der Waals surface area (Å²) in [6, 6.07) is 0.642. The van der Waals surface area contributed by atoms with Gasteiger partial charge >= 0.3 is 0 Å². The van der Waals surface area contributed by atoms with Crippen LogP contribution >= 0.6 is 0 Å². The van der Waals surface area contributed by atoms with Gasteiger partial charge in [0.2, 0.25) is 0 Å². The Hall–Kier alpha value is -0.0800. The van der Waals surface area contributed by atoms with Crippen LogP contribution in [0.4, 0.5) is 0 Å². The number of nitrogens with one attached hydrogen (secondary N) is 1. The normalized spacial score (nSPS) is 41.8. The fourth-order valence-electron chi connectivity index (χ4n) is 4.07. The molecule has 0 amide bonds. The van der Waals surface area contributed by atoms with Crippen molar-refractivity contribution in [2.75, 3.05) is 0 Å². The van der Waals surface area contributed by atoms with Crippen LogP contribution in [0.15, 0.2) is 0 Å². The average molecular weight is 208 g/mol. The molecular weight excluding hydrogens is 184 g/mol. The Kier molecular flexibility index (Phi) is 2.73. The summed E-state index contributed by atoms with van der Waals surface area (Å²) < 4.78 is 0. The van der Waals surface area contributed by atoms with Gasteiger partial charge in [0.05, 0.1) is 0 Å². The third-order valence-corrected chi connectivity index (χ3v) is 5.21. The first-order chi connectivity index (χ1) is 7.40. The first-order valence-corrected chi connectivity index (χ1v) is 6.86. The quantitative estimate of drug-likeness (QED) is 0.550. The fourth-order valence-corrected chi connectivity index (χ4v) is 4.07. The summed E-state index contributed by atoms with van der Waals surface area (Å²) in [7, 11) is 0. The molecule has 0 bridgehead atoms. The zero-order chi connectivity index (χ0) is 10.3. The van der Waals surface area contributed by atoms with Crippen molar-refractivity contribution in [1.29, 1.82) is 0 Å². The second-order valence-corrected chi connectivity index (χ2v) is 6.00. The summed E-state index contributed by atoms with van der Waals surface area (Å²) in [5.74, 6) is 9.77. The van der Waals surface area contributed by atoms with Crippen molar-refractivity contribution in [3.8, 4) is 0 Å². The SMILES string of the molecule is NNC(CC1CCC1)C1C2CCCCC21. The lowest BCUT2D eigenvalue weighted by atomic mass is 9.80. The second kappa shape index (κ2) is 4.06. The molecule has 0 heterocycles. The number of rotatable bonds is 4. The Labute approximate surface area is 93.0 Å². The second-order valence-electron chi connectivity index (χ2n) is 6.00. The average Bonchev–Trinajstić information content (AvgIpc) is 2.91. The van der Waals surface area contributed by atoms with Gasteiger partial charge in [-0.15, -0.1) is 0 Å². The van der Waals surface area contributed by atoms with Crippen LogP contribution in [0.25, 0.3) is 0 Å². The van der Waals surface area contributed by atoms with Crippen LogP contribution in [0, 0.1) is 23.7 Å². The van der Waals surface area contributed by atoms with E-state index in [1.54, 1.807) is 0 Å². The standard InChI is InChI=1S/C13H24N2/c14-15-12(8-9-4-3-5-9)13-10-6-1-2-7-11(10)13/h9-13,15H,1-8,14H2. The van der Waals surface area contributed by atoms with E-state index in [1.807, 2.05) is 0 Å². The predicted molar refractivity (Wildman–Crippen MR) is 62.0 cm³/mol. The first-order valence-electron chi connectivity index (χ1n) is 6.86. The van der Waals surface area contributed by atoms with Gasteiger partial charge in [0.1, 0.15) is 0 Å². The summed E-state index contributed by atoms with van der Waals surface area (Å²) in [5.41, 5.74) is 3.12. The van der Waals surface area contributed by atoms with Gasteiger partial charge in [-0.25, -0.2) is 0 Å². The summed E-state index contributed by atoms with van der Waals surface area (Å²) in [4.78, 5) is 0. The molecule has 15 heavy (non-hydrogen) atoms. The smallest absolute Gasteiger partial charge is 0.0246 e. The zero-order valence-corrected chi connectivity index (χ0v) is 9.62. The van der Waals surface area contributed by atoms with E-state index in [9.17, 15) is 0 Å². The minimum atomic E-state index is 0.642. The molecule has 3 N–H and O–H groups in total. The maximum atomic E-state index is 5.75. The molecule has 3 atom stereocenters. The van der Waals surface area contributed by atoms with Crippen molar-refractivity contribution in [2.24, 2.45) is 29.5 Å². The summed E-state index contributed by atoms with van der Waals surface area (Å²) >= 11 is 0. The van der Waals surface area contributed by atoms with Crippen LogP contribution in [-0.4, -0.2) is 6.04 Å². The fraction of sp³-hybridized carbons (Fsp3) is 1.00. The maximum Gasteiger partial charge on any atom is 0.0246 e. The molecule has 0 spiro atoms. The molecule has 0 saturated heterocycles. The lowest BCUT2D eigenvalue weighted by molar-refractivity contribution is 0.243. The van der Waals surface area contributed by atoms with Crippen molar-refractivity contribution in [3.63, 3.8) is 0 Å². The van der Waals surface area contributed by atoms with E-state index >= 15 is 0 Å². The zero-order valence-electron chi connectivity index (χ0n) is 9.62. The molecule has 86 valence electrons. The van der Waals surface area contributed by atoms with Crippen LogP contribution < -0.4 is 11.3 Å². The van der Waals surface area contributed by atoms with Crippen molar-refractivity contribution >= 4 is 0 Å². The molecule has 0 aliphatic heterocycles. The Bertz CT molecular complexity index is 213. The highest BCUT2D eigenvalue weighted by atomic mass is 15.2. The molecule has 2 heteroatoms. The highest BCUT2D eigenvalue weighted by molar-refractivity contribution is 5.04. The molecule has 0 aromatic heterocycles. The summed E-state index contributed by atoms with van der Waals surface area (Å²) in [6.07, 6.45) is 11.6. The molecule has 0 aromatic rings. The monoisotopic (exact) mass is 208 g/mol. The van der Waals surface area contributed by atoms with Gasteiger partial charge in [0.15, 0.2) is 0 Å². The molecule has 3 aliphatic rings. The van der Waals surface area contributed by atoms with Crippen molar-refractivity contribution in [2.45, 2.75) is 57.4 Å². The van der Waals surface area contributed by atoms with Gasteiger partial charge in [0, 0.05) is 6.04 Å². The van der Waals surface area contributed by atoms with Crippen molar-refractivity contribution < 1.29 is 0 Å². The lowest BCUT2D eigenvalue weighted by Gasteiger charge is -2.29. The molecule has 3 rings (SSSR count). The molecule has 3 unspecified atom stereocenters. The van der Waals surface area contributed by atoms with Gasteiger partial charge in [-0.1, -0.05) is 32.1 Å². The first kappa shape index (κ1) is 10.1. The van der Waals surface area contributed by atoms with Gasteiger partial charge in [-0.3, -0.25) is 11.3 Å².